The summed E-state index contributed by atoms with van der Waals surface area (Å²) in [6, 6.07) is 4.57. The van der Waals surface area contributed by atoms with E-state index in [0.29, 0.717) is 29.0 Å². The van der Waals surface area contributed by atoms with Gasteiger partial charge in [-0.2, -0.15) is 0 Å². The van der Waals surface area contributed by atoms with Crippen molar-refractivity contribution in [3.63, 3.8) is 0 Å². The van der Waals surface area contributed by atoms with E-state index < -0.39 is 6.04 Å². The number of carbonyl (C=O) groups excluding carboxylic acids is 1. The maximum atomic E-state index is 11.4. The number of hydrogen-bond acceptors (Lipinski definition) is 3. The van der Waals surface area contributed by atoms with Gasteiger partial charge >= 0.3 is 0 Å². The number of benzene rings is 1. The van der Waals surface area contributed by atoms with Gasteiger partial charge in [0.05, 0.1) is 17.7 Å². The molecule has 0 saturated heterocycles. The minimum Gasteiger partial charge on any atom is -0.492 e. The molecule has 18 heavy (non-hydrogen) atoms. The maximum Gasteiger partial charge on any atom is 0.240 e. The molecule has 3 N–H and O–H groups in total. The molecule has 1 aromatic carbocycles. The van der Waals surface area contributed by atoms with Gasteiger partial charge in [0.2, 0.25) is 5.91 Å². The van der Waals surface area contributed by atoms with E-state index in [0.717, 1.165) is 0 Å². The highest BCUT2D eigenvalue weighted by molar-refractivity contribution is 6.32. The summed E-state index contributed by atoms with van der Waals surface area (Å²) < 4.78 is 5.54. The van der Waals surface area contributed by atoms with Crippen molar-refractivity contribution in [2.45, 2.75) is 26.8 Å². The standard InChI is InChI=1S/C13H19ClN2O2/c1-8(2)7-18-12-5-4-10(6-11(12)14)16-13(17)9(3)15/h4-6,8-9H,7,15H2,1-3H3,(H,16,17). The van der Waals surface area contributed by atoms with Gasteiger partial charge in [0.15, 0.2) is 0 Å². The number of carbonyl (C=O) groups is 1. The molecule has 0 saturated carbocycles. The Labute approximate surface area is 112 Å². The van der Waals surface area contributed by atoms with Crippen LogP contribution in [0.5, 0.6) is 5.75 Å². The molecule has 100 valence electrons. The van der Waals surface area contributed by atoms with E-state index in [1.165, 1.54) is 0 Å². The van der Waals surface area contributed by atoms with Crippen LogP contribution in [0.4, 0.5) is 5.69 Å². The van der Waals surface area contributed by atoms with Crippen molar-refractivity contribution in [2.24, 2.45) is 11.7 Å². The van der Waals surface area contributed by atoms with Crippen LogP contribution in [0, 0.1) is 5.92 Å². The van der Waals surface area contributed by atoms with E-state index in [9.17, 15) is 4.79 Å². The van der Waals surface area contributed by atoms with E-state index in [1.807, 2.05) is 0 Å². The second-order valence-corrected chi connectivity index (χ2v) is 5.04. The van der Waals surface area contributed by atoms with Gasteiger partial charge in [0.1, 0.15) is 5.75 Å². The van der Waals surface area contributed by atoms with Gasteiger partial charge in [0, 0.05) is 5.69 Å². The molecule has 0 aliphatic rings. The van der Waals surface area contributed by atoms with Crippen LogP contribution in [0.3, 0.4) is 0 Å². The first-order valence-corrected chi connectivity index (χ1v) is 6.26. The second-order valence-electron chi connectivity index (χ2n) is 4.63. The van der Waals surface area contributed by atoms with E-state index in [4.69, 9.17) is 22.1 Å². The van der Waals surface area contributed by atoms with Crippen LogP contribution < -0.4 is 15.8 Å². The molecule has 1 rings (SSSR count). The lowest BCUT2D eigenvalue weighted by Gasteiger charge is -2.12. The lowest BCUT2D eigenvalue weighted by atomic mass is 10.2. The summed E-state index contributed by atoms with van der Waals surface area (Å²) in [6.07, 6.45) is 0. The van der Waals surface area contributed by atoms with Crippen LogP contribution in [0.2, 0.25) is 5.02 Å². The van der Waals surface area contributed by atoms with Gasteiger partial charge in [-0.1, -0.05) is 25.4 Å². The molecule has 0 heterocycles. The highest BCUT2D eigenvalue weighted by Gasteiger charge is 2.09. The van der Waals surface area contributed by atoms with Gasteiger partial charge in [-0.15, -0.1) is 0 Å². The molecular formula is C13H19ClN2O2. The maximum absolute atomic E-state index is 11.4. The first kappa shape index (κ1) is 14.8. The summed E-state index contributed by atoms with van der Waals surface area (Å²) in [4.78, 5) is 11.4. The fourth-order valence-electron chi connectivity index (χ4n) is 1.21. The fraction of sp³-hybridized carbons (Fsp3) is 0.462. The largest absolute Gasteiger partial charge is 0.492 e. The topological polar surface area (TPSA) is 64.3 Å². The van der Waals surface area contributed by atoms with Crippen LogP contribution in [-0.4, -0.2) is 18.6 Å². The zero-order valence-corrected chi connectivity index (χ0v) is 11.6. The Morgan fingerprint density at radius 1 is 1.44 bits per heavy atom. The third kappa shape index (κ3) is 4.55. The number of ether oxygens (including phenoxy) is 1. The van der Waals surface area contributed by atoms with E-state index in [-0.39, 0.29) is 5.91 Å². The Hall–Kier alpha value is -1.26. The number of anilines is 1. The Morgan fingerprint density at radius 3 is 2.61 bits per heavy atom. The van der Waals surface area contributed by atoms with Crippen molar-refractivity contribution in [1.82, 2.24) is 0 Å². The summed E-state index contributed by atoms with van der Waals surface area (Å²) >= 11 is 6.07. The molecule has 4 nitrogen and oxygen atoms in total. The van der Waals surface area contributed by atoms with Crippen LogP contribution in [0.1, 0.15) is 20.8 Å². The quantitative estimate of drug-likeness (QED) is 0.865. The lowest BCUT2D eigenvalue weighted by molar-refractivity contribution is -0.117. The van der Waals surface area contributed by atoms with Crippen molar-refractivity contribution in [3.05, 3.63) is 23.2 Å². The predicted octanol–water partition coefficient (Wildman–Crippen LogP) is 2.66. The molecule has 5 heteroatoms. The summed E-state index contributed by atoms with van der Waals surface area (Å²) in [7, 11) is 0. The molecule has 1 aromatic rings. The Kier molecular flexibility index (Phi) is 5.44. The molecule has 0 spiro atoms. The highest BCUT2D eigenvalue weighted by atomic mass is 35.5. The summed E-state index contributed by atoms with van der Waals surface area (Å²) in [6.45, 7) is 6.35. The van der Waals surface area contributed by atoms with Crippen LogP contribution >= 0.6 is 11.6 Å². The average Bonchev–Trinajstić information content (AvgIpc) is 2.27. The van der Waals surface area contributed by atoms with E-state index >= 15 is 0 Å². The Bertz CT molecular complexity index is 419. The smallest absolute Gasteiger partial charge is 0.240 e. The zero-order valence-electron chi connectivity index (χ0n) is 10.9. The van der Waals surface area contributed by atoms with E-state index in [2.05, 4.69) is 19.2 Å². The van der Waals surface area contributed by atoms with Crippen molar-refractivity contribution >= 4 is 23.2 Å². The molecule has 0 aliphatic heterocycles. The Balaban J connectivity index is 2.70. The fourth-order valence-corrected chi connectivity index (χ4v) is 1.44. The van der Waals surface area contributed by atoms with Crippen molar-refractivity contribution < 1.29 is 9.53 Å². The molecule has 1 atom stereocenters. The number of nitrogens with two attached hydrogens (primary N) is 1. The number of halogens is 1. The molecule has 0 bridgehead atoms. The van der Waals surface area contributed by atoms with Crippen molar-refractivity contribution in [2.75, 3.05) is 11.9 Å². The number of nitrogens with one attached hydrogen (secondary N) is 1. The predicted molar refractivity (Wildman–Crippen MR) is 74.1 cm³/mol. The minimum atomic E-state index is -0.555. The second kappa shape index (κ2) is 6.61. The van der Waals surface area contributed by atoms with Crippen LogP contribution in [0.15, 0.2) is 18.2 Å². The third-order valence-corrected chi connectivity index (χ3v) is 2.48. The van der Waals surface area contributed by atoms with Gasteiger partial charge in [0.25, 0.3) is 0 Å². The lowest BCUT2D eigenvalue weighted by Crippen LogP contribution is -2.32. The summed E-state index contributed by atoms with van der Waals surface area (Å²) in [5, 5.41) is 3.14. The SMILES string of the molecule is CC(C)COc1ccc(NC(=O)C(C)N)cc1Cl. The number of rotatable bonds is 5. The molecule has 1 unspecified atom stereocenters. The minimum absolute atomic E-state index is 0.248. The van der Waals surface area contributed by atoms with Crippen molar-refractivity contribution in [3.8, 4) is 5.75 Å². The molecular weight excluding hydrogens is 252 g/mol. The van der Waals surface area contributed by atoms with Crippen LogP contribution in [0.25, 0.3) is 0 Å². The molecule has 0 radical (unpaired) electrons. The zero-order chi connectivity index (χ0) is 13.7. The third-order valence-electron chi connectivity index (χ3n) is 2.19. The summed E-state index contributed by atoms with van der Waals surface area (Å²) in [5.41, 5.74) is 6.07. The van der Waals surface area contributed by atoms with Gasteiger partial charge < -0.3 is 15.8 Å². The van der Waals surface area contributed by atoms with Gasteiger partial charge in [-0.05, 0) is 31.0 Å². The summed E-state index contributed by atoms with van der Waals surface area (Å²) in [5.74, 6) is 0.796. The molecule has 0 aromatic heterocycles. The van der Waals surface area contributed by atoms with Gasteiger partial charge in [-0.3, -0.25) is 4.79 Å². The number of amides is 1. The highest BCUT2D eigenvalue weighted by Crippen LogP contribution is 2.28. The average molecular weight is 271 g/mol. The van der Waals surface area contributed by atoms with E-state index in [1.54, 1.807) is 25.1 Å². The van der Waals surface area contributed by atoms with Crippen LogP contribution in [-0.2, 0) is 4.79 Å². The normalized spacial score (nSPS) is 12.3. The van der Waals surface area contributed by atoms with Gasteiger partial charge in [-0.25, -0.2) is 0 Å². The Morgan fingerprint density at radius 2 is 2.11 bits per heavy atom. The molecule has 0 fully saturated rings. The monoisotopic (exact) mass is 270 g/mol. The first-order valence-electron chi connectivity index (χ1n) is 5.89. The molecule has 0 aliphatic carbocycles. The van der Waals surface area contributed by atoms with Crippen molar-refractivity contribution in [1.29, 1.82) is 0 Å². The number of hydrogen-bond donors (Lipinski definition) is 2. The first-order chi connectivity index (χ1) is 8.40. The molecule has 1 amide bonds.